The summed E-state index contributed by atoms with van der Waals surface area (Å²) in [6, 6.07) is 0.456. The molecule has 54 valence electrons. The maximum Gasteiger partial charge on any atom is 0.0130 e. The van der Waals surface area contributed by atoms with Crippen LogP contribution in [-0.2, 0) is 0 Å². The smallest absolute Gasteiger partial charge is 0.0130 e. The Balaban J connectivity index is 2.52. The maximum absolute atomic E-state index is 5.85. The van der Waals surface area contributed by atoms with Crippen molar-refractivity contribution < 1.29 is 0 Å². The molecule has 0 bridgehead atoms. The number of hydrogen-bond donors (Lipinski definition) is 1. The van der Waals surface area contributed by atoms with E-state index in [1.54, 1.807) is 0 Å². The molecule has 2 atom stereocenters. The molecule has 1 rings (SSSR count). The van der Waals surface area contributed by atoms with Crippen molar-refractivity contribution in [1.29, 1.82) is 0 Å². The van der Waals surface area contributed by atoms with Gasteiger partial charge in [0.1, 0.15) is 0 Å². The third-order valence-electron chi connectivity index (χ3n) is 2.71. The van der Waals surface area contributed by atoms with Crippen molar-refractivity contribution in [2.24, 2.45) is 23.0 Å². The predicted molar refractivity (Wildman–Crippen MR) is 40.1 cm³/mol. The van der Waals surface area contributed by atoms with Crippen LogP contribution in [0.25, 0.3) is 0 Å². The van der Waals surface area contributed by atoms with Crippen LogP contribution in [0.4, 0.5) is 0 Å². The first kappa shape index (κ1) is 7.07. The van der Waals surface area contributed by atoms with Gasteiger partial charge in [0.15, 0.2) is 0 Å². The molecule has 1 fully saturated rings. The van der Waals surface area contributed by atoms with Gasteiger partial charge in [-0.25, -0.2) is 0 Å². The lowest BCUT2D eigenvalue weighted by Crippen LogP contribution is -2.07. The van der Waals surface area contributed by atoms with E-state index in [9.17, 15) is 0 Å². The van der Waals surface area contributed by atoms with Gasteiger partial charge in [-0.05, 0) is 17.3 Å². The molecule has 0 heterocycles. The van der Waals surface area contributed by atoms with Crippen molar-refractivity contribution >= 4 is 0 Å². The highest BCUT2D eigenvalue weighted by atomic mass is 14.8. The highest BCUT2D eigenvalue weighted by Crippen LogP contribution is 2.54. The lowest BCUT2D eigenvalue weighted by atomic mass is 10.0. The van der Waals surface area contributed by atoms with Crippen LogP contribution >= 0.6 is 0 Å². The van der Waals surface area contributed by atoms with Crippen LogP contribution in [0, 0.1) is 17.3 Å². The average Bonchev–Trinajstić information content (AvgIpc) is 2.07. The molecule has 1 aliphatic carbocycles. The van der Waals surface area contributed by atoms with E-state index in [1.165, 1.54) is 0 Å². The summed E-state index contributed by atoms with van der Waals surface area (Å²) in [5.74, 6) is 1.52. The fourth-order valence-electron chi connectivity index (χ4n) is 1.99. The average molecular weight is 127 g/mol. The summed E-state index contributed by atoms with van der Waals surface area (Å²) in [5, 5.41) is 0. The molecule has 9 heavy (non-hydrogen) atoms. The van der Waals surface area contributed by atoms with E-state index in [2.05, 4.69) is 27.7 Å². The van der Waals surface area contributed by atoms with E-state index in [-0.39, 0.29) is 0 Å². The van der Waals surface area contributed by atoms with E-state index >= 15 is 0 Å². The molecule has 0 spiro atoms. The second-order valence-corrected chi connectivity index (χ2v) is 4.12. The van der Waals surface area contributed by atoms with Crippen molar-refractivity contribution in [2.75, 3.05) is 0 Å². The monoisotopic (exact) mass is 127 g/mol. The summed E-state index contributed by atoms with van der Waals surface area (Å²) in [5.41, 5.74) is 6.27. The lowest BCUT2D eigenvalue weighted by molar-refractivity contribution is 0.451. The molecule has 1 nitrogen and oxygen atoms in total. The van der Waals surface area contributed by atoms with Gasteiger partial charge >= 0.3 is 0 Å². The molecule has 0 unspecified atom stereocenters. The predicted octanol–water partition coefficient (Wildman–Crippen LogP) is 1.63. The van der Waals surface area contributed by atoms with Crippen molar-refractivity contribution in [3.63, 3.8) is 0 Å². The molecule has 0 amide bonds. The van der Waals surface area contributed by atoms with Crippen LogP contribution in [0.15, 0.2) is 0 Å². The summed E-state index contributed by atoms with van der Waals surface area (Å²) in [4.78, 5) is 0. The van der Waals surface area contributed by atoms with Crippen molar-refractivity contribution in [1.82, 2.24) is 0 Å². The molecule has 0 aromatic heterocycles. The van der Waals surface area contributed by atoms with Gasteiger partial charge in [-0.15, -0.1) is 0 Å². The Kier molecular flexibility index (Phi) is 1.35. The molecule has 0 radical (unpaired) electrons. The fraction of sp³-hybridized carbons (Fsp3) is 1.00. The Morgan fingerprint density at radius 2 is 1.67 bits per heavy atom. The van der Waals surface area contributed by atoms with Crippen LogP contribution in [0.3, 0.4) is 0 Å². The fourth-order valence-corrected chi connectivity index (χ4v) is 1.99. The maximum atomic E-state index is 5.85. The minimum atomic E-state index is 0.425. The molecule has 1 aliphatic rings. The first-order chi connectivity index (χ1) is 3.98. The Hall–Kier alpha value is -0.0400. The first-order valence-corrected chi connectivity index (χ1v) is 3.73. The number of rotatable bonds is 1. The van der Waals surface area contributed by atoms with Gasteiger partial charge in [0, 0.05) is 6.04 Å². The van der Waals surface area contributed by atoms with Crippen LogP contribution in [0.1, 0.15) is 27.7 Å². The lowest BCUT2D eigenvalue weighted by Gasteiger charge is -2.03. The Bertz CT molecular complexity index is 116. The summed E-state index contributed by atoms with van der Waals surface area (Å²) < 4.78 is 0. The minimum absolute atomic E-state index is 0.425. The number of nitrogens with two attached hydrogens (primary N) is 1. The molecule has 0 aromatic carbocycles. The topological polar surface area (TPSA) is 26.0 Å². The van der Waals surface area contributed by atoms with Crippen molar-refractivity contribution in [3.05, 3.63) is 0 Å². The molecule has 0 aromatic rings. The quantitative estimate of drug-likeness (QED) is 0.569. The van der Waals surface area contributed by atoms with Gasteiger partial charge < -0.3 is 5.73 Å². The molecule has 1 heteroatoms. The normalized spacial score (nSPS) is 39.3. The van der Waals surface area contributed by atoms with E-state index in [1.807, 2.05) is 0 Å². The summed E-state index contributed by atoms with van der Waals surface area (Å²) in [6.07, 6.45) is 0. The Morgan fingerprint density at radius 3 is 1.67 bits per heavy atom. The first-order valence-electron chi connectivity index (χ1n) is 3.73. The van der Waals surface area contributed by atoms with Crippen LogP contribution in [0.5, 0.6) is 0 Å². The SMILES string of the molecule is CC(C)[C@@H]1[C@@H](N)C1(C)C. The summed E-state index contributed by atoms with van der Waals surface area (Å²) >= 11 is 0. The third-order valence-corrected chi connectivity index (χ3v) is 2.71. The zero-order valence-electron chi connectivity index (χ0n) is 6.81. The summed E-state index contributed by atoms with van der Waals surface area (Å²) in [7, 11) is 0. The second kappa shape index (κ2) is 1.72. The zero-order chi connectivity index (χ0) is 7.23. The second-order valence-electron chi connectivity index (χ2n) is 4.12. The van der Waals surface area contributed by atoms with Gasteiger partial charge in [0.05, 0.1) is 0 Å². The Morgan fingerprint density at radius 1 is 1.33 bits per heavy atom. The molecular weight excluding hydrogens is 110 g/mol. The highest BCUT2D eigenvalue weighted by Gasteiger charge is 2.56. The van der Waals surface area contributed by atoms with Gasteiger partial charge in [0.25, 0.3) is 0 Å². The summed E-state index contributed by atoms with van der Waals surface area (Å²) in [6.45, 7) is 9.00. The van der Waals surface area contributed by atoms with Crippen LogP contribution in [-0.4, -0.2) is 6.04 Å². The zero-order valence-corrected chi connectivity index (χ0v) is 6.81. The van der Waals surface area contributed by atoms with E-state index < -0.39 is 0 Å². The standard InChI is InChI=1S/C8H17N/c1-5(2)6-7(9)8(6,3)4/h5-7H,9H2,1-4H3/t6-,7-/m1/s1. The van der Waals surface area contributed by atoms with Crippen molar-refractivity contribution in [2.45, 2.75) is 33.7 Å². The van der Waals surface area contributed by atoms with Gasteiger partial charge in [-0.1, -0.05) is 27.7 Å². The van der Waals surface area contributed by atoms with Gasteiger partial charge in [-0.2, -0.15) is 0 Å². The third kappa shape index (κ3) is 0.877. The molecule has 0 saturated heterocycles. The van der Waals surface area contributed by atoms with Gasteiger partial charge in [0.2, 0.25) is 0 Å². The van der Waals surface area contributed by atoms with Crippen LogP contribution < -0.4 is 5.73 Å². The molecule has 2 N–H and O–H groups in total. The minimum Gasteiger partial charge on any atom is -0.327 e. The number of hydrogen-bond acceptors (Lipinski definition) is 1. The highest BCUT2D eigenvalue weighted by molar-refractivity contribution is 5.09. The van der Waals surface area contributed by atoms with Crippen LogP contribution in [0.2, 0.25) is 0 Å². The van der Waals surface area contributed by atoms with Crippen molar-refractivity contribution in [3.8, 4) is 0 Å². The largest absolute Gasteiger partial charge is 0.327 e. The molecule has 0 aliphatic heterocycles. The molecule has 1 saturated carbocycles. The van der Waals surface area contributed by atoms with Gasteiger partial charge in [-0.3, -0.25) is 0 Å². The Labute approximate surface area is 57.6 Å². The van der Waals surface area contributed by atoms with E-state index in [4.69, 9.17) is 5.73 Å². The molecular formula is C8H17N. The van der Waals surface area contributed by atoms with E-state index in [0.717, 1.165) is 11.8 Å². The van der Waals surface area contributed by atoms with E-state index in [0.29, 0.717) is 11.5 Å².